The van der Waals surface area contributed by atoms with Crippen LogP contribution in [0.5, 0.6) is 5.75 Å². The third-order valence-corrected chi connectivity index (χ3v) is 4.00. The zero-order chi connectivity index (χ0) is 17.6. The SMILES string of the molecule is CCOc1ccc(NC(=O)NC2CCN(c3ccccc3)C2=O)cc1. The Morgan fingerprint density at radius 3 is 2.56 bits per heavy atom. The third-order valence-electron chi connectivity index (χ3n) is 4.00. The van der Waals surface area contributed by atoms with E-state index in [4.69, 9.17) is 4.74 Å². The van der Waals surface area contributed by atoms with Gasteiger partial charge < -0.3 is 20.3 Å². The van der Waals surface area contributed by atoms with Crippen molar-refractivity contribution in [2.24, 2.45) is 0 Å². The van der Waals surface area contributed by atoms with Crippen LogP contribution < -0.4 is 20.3 Å². The van der Waals surface area contributed by atoms with Crippen molar-refractivity contribution in [3.8, 4) is 5.75 Å². The molecule has 0 spiro atoms. The van der Waals surface area contributed by atoms with Gasteiger partial charge >= 0.3 is 6.03 Å². The van der Waals surface area contributed by atoms with Crippen LogP contribution in [0.2, 0.25) is 0 Å². The molecule has 25 heavy (non-hydrogen) atoms. The molecule has 3 amide bonds. The van der Waals surface area contributed by atoms with Crippen LogP contribution in [0.15, 0.2) is 54.6 Å². The first-order valence-electron chi connectivity index (χ1n) is 8.34. The molecule has 3 rings (SSSR count). The van der Waals surface area contributed by atoms with E-state index in [0.29, 0.717) is 25.3 Å². The van der Waals surface area contributed by atoms with Crippen LogP contribution in [-0.2, 0) is 4.79 Å². The van der Waals surface area contributed by atoms with Gasteiger partial charge in [-0.05, 0) is 49.7 Å². The van der Waals surface area contributed by atoms with Crippen LogP contribution in [-0.4, -0.2) is 31.1 Å². The van der Waals surface area contributed by atoms with E-state index in [2.05, 4.69) is 10.6 Å². The Balaban J connectivity index is 1.55. The maximum Gasteiger partial charge on any atom is 0.319 e. The summed E-state index contributed by atoms with van der Waals surface area (Å²) in [6.07, 6.45) is 0.588. The highest BCUT2D eigenvalue weighted by molar-refractivity contribution is 6.02. The molecule has 0 aliphatic carbocycles. The average Bonchev–Trinajstić information content (AvgIpc) is 2.98. The molecular formula is C19H21N3O3. The normalized spacial score (nSPS) is 16.6. The van der Waals surface area contributed by atoms with E-state index in [1.165, 1.54) is 0 Å². The average molecular weight is 339 g/mol. The van der Waals surface area contributed by atoms with E-state index in [0.717, 1.165) is 11.4 Å². The molecule has 0 radical (unpaired) electrons. The second-order valence-electron chi connectivity index (χ2n) is 5.72. The number of para-hydroxylation sites is 1. The van der Waals surface area contributed by atoms with Gasteiger partial charge in [0.2, 0.25) is 5.91 Å². The van der Waals surface area contributed by atoms with E-state index in [-0.39, 0.29) is 5.91 Å². The van der Waals surface area contributed by atoms with E-state index in [9.17, 15) is 9.59 Å². The fourth-order valence-electron chi connectivity index (χ4n) is 2.80. The van der Waals surface area contributed by atoms with Crippen molar-refractivity contribution >= 4 is 23.3 Å². The Hall–Kier alpha value is -3.02. The van der Waals surface area contributed by atoms with Crippen molar-refractivity contribution in [3.63, 3.8) is 0 Å². The number of nitrogens with zero attached hydrogens (tertiary/aromatic N) is 1. The second-order valence-corrected chi connectivity index (χ2v) is 5.72. The highest BCUT2D eigenvalue weighted by Crippen LogP contribution is 2.21. The number of amides is 3. The Kier molecular flexibility index (Phi) is 5.18. The van der Waals surface area contributed by atoms with Crippen molar-refractivity contribution in [2.45, 2.75) is 19.4 Å². The van der Waals surface area contributed by atoms with E-state index >= 15 is 0 Å². The number of nitrogens with one attached hydrogen (secondary N) is 2. The molecule has 6 heteroatoms. The minimum absolute atomic E-state index is 0.0898. The maximum atomic E-state index is 12.5. The van der Waals surface area contributed by atoms with Gasteiger partial charge in [0.15, 0.2) is 0 Å². The van der Waals surface area contributed by atoms with Gasteiger partial charge in [-0.1, -0.05) is 18.2 Å². The van der Waals surface area contributed by atoms with Gasteiger partial charge in [0.25, 0.3) is 0 Å². The molecule has 1 unspecified atom stereocenters. The molecule has 1 aliphatic heterocycles. The fraction of sp³-hybridized carbons (Fsp3) is 0.263. The molecular weight excluding hydrogens is 318 g/mol. The highest BCUT2D eigenvalue weighted by atomic mass is 16.5. The summed E-state index contributed by atoms with van der Waals surface area (Å²) in [5.74, 6) is 0.658. The van der Waals surface area contributed by atoms with Gasteiger partial charge in [-0.25, -0.2) is 4.79 Å². The van der Waals surface area contributed by atoms with Gasteiger partial charge in [0, 0.05) is 17.9 Å². The molecule has 1 heterocycles. The fourth-order valence-corrected chi connectivity index (χ4v) is 2.80. The summed E-state index contributed by atoms with van der Waals surface area (Å²) in [6.45, 7) is 3.10. The predicted octanol–water partition coefficient (Wildman–Crippen LogP) is 3.01. The van der Waals surface area contributed by atoms with Crippen molar-refractivity contribution in [1.82, 2.24) is 5.32 Å². The maximum absolute atomic E-state index is 12.5. The minimum atomic E-state index is -0.511. The zero-order valence-corrected chi connectivity index (χ0v) is 14.1. The lowest BCUT2D eigenvalue weighted by Crippen LogP contribution is -2.43. The number of anilines is 2. The van der Waals surface area contributed by atoms with Crippen molar-refractivity contribution < 1.29 is 14.3 Å². The summed E-state index contributed by atoms with van der Waals surface area (Å²) in [6, 6.07) is 15.7. The van der Waals surface area contributed by atoms with E-state index in [1.54, 1.807) is 29.2 Å². The summed E-state index contributed by atoms with van der Waals surface area (Å²) < 4.78 is 5.36. The molecule has 0 saturated carbocycles. The van der Waals surface area contributed by atoms with Gasteiger partial charge in [-0.3, -0.25) is 4.79 Å². The summed E-state index contributed by atoms with van der Waals surface area (Å²) in [7, 11) is 0. The molecule has 0 bridgehead atoms. The first-order valence-corrected chi connectivity index (χ1v) is 8.34. The van der Waals surface area contributed by atoms with Crippen LogP contribution in [0.4, 0.5) is 16.2 Å². The van der Waals surface area contributed by atoms with E-state index < -0.39 is 12.1 Å². The number of benzene rings is 2. The largest absolute Gasteiger partial charge is 0.494 e. The van der Waals surface area contributed by atoms with Gasteiger partial charge in [0.05, 0.1) is 6.61 Å². The number of carbonyl (C=O) groups excluding carboxylic acids is 2. The molecule has 2 aromatic rings. The molecule has 2 N–H and O–H groups in total. The number of hydrogen-bond donors (Lipinski definition) is 2. The minimum Gasteiger partial charge on any atom is -0.494 e. The molecule has 0 aromatic heterocycles. The van der Waals surface area contributed by atoms with Crippen LogP contribution in [0.25, 0.3) is 0 Å². The Bertz CT molecular complexity index is 731. The van der Waals surface area contributed by atoms with Crippen molar-refractivity contribution in [2.75, 3.05) is 23.4 Å². The summed E-state index contributed by atoms with van der Waals surface area (Å²) in [5, 5.41) is 5.48. The van der Waals surface area contributed by atoms with Gasteiger partial charge in [-0.2, -0.15) is 0 Å². The summed E-state index contributed by atoms with van der Waals surface area (Å²) in [4.78, 5) is 26.3. The first-order chi connectivity index (χ1) is 12.2. The highest BCUT2D eigenvalue weighted by Gasteiger charge is 2.33. The Morgan fingerprint density at radius 1 is 1.16 bits per heavy atom. The molecule has 1 saturated heterocycles. The lowest BCUT2D eigenvalue weighted by molar-refractivity contribution is -0.118. The van der Waals surface area contributed by atoms with Gasteiger partial charge in [0.1, 0.15) is 11.8 Å². The van der Waals surface area contributed by atoms with Crippen LogP contribution in [0.3, 0.4) is 0 Å². The number of carbonyl (C=O) groups is 2. The Labute approximate surface area is 146 Å². The zero-order valence-electron chi connectivity index (χ0n) is 14.1. The molecule has 1 aliphatic rings. The molecule has 1 atom stereocenters. The monoisotopic (exact) mass is 339 g/mol. The lowest BCUT2D eigenvalue weighted by atomic mass is 10.2. The van der Waals surface area contributed by atoms with Crippen LogP contribution in [0, 0.1) is 0 Å². The van der Waals surface area contributed by atoms with E-state index in [1.807, 2.05) is 37.3 Å². The molecule has 130 valence electrons. The van der Waals surface area contributed by atoms with Crippen molar-refractivity contribution in [1.29, 1.82) is 0 Å². The number of rotatable bonds is 5. The standard InChI is InChI=1S/C19H21N3O3/c1-2-25-16-10-8-14(9-11-16)20-19(24)21-17-12-13-22(18(17)23)15-6-4-3-5-7-15/h3-11,17H,2,12-13H2,1H3,(H2,20,21,24). The first kappa shape index (κ1) is 16.8. The molecule has 1 fully saturated rings. The number of hydrogen-bond acceptors (Lipinski definition) is 3. The van der Waals surface area contributed by atoms with Crippen molar-refractivity contribution in [3.05, 3.63) is 54.6 Å². The Morgan fingerprint density at radius 2 is 1.88 bits per heavy atom. The third kappa shape index (κ3) is 4.09. The second kappa shape index (κ2) is 7.70. The topological polar surface area (TPSA) is 70.7 Å². The summed E-state index contributed by atoms with van der Waals surface area (Å²) in [5.41, 5.74) is 1.50. The predicted molar refractivity (Wildman–Crippen MR) is 97.0 cm³/mol. The molecule has 2 aromatic carbocycles. The smallest absolute Gasteiger partial charge is 0.319 e. The van der Waals surface area contributed by atoms with Gasteiger partial charge in [-0.15, -0.1) is 0 Å². The lowest BCUT2D eigenvalue weighted by Gasteiger charge is -2.17. The molecule has 6 nitrogen and oxygen atoms in total. The number of ether oxygens (including phenoxy) is 1. The van der Waals surface area contributed by atoms with Crippen LogP contribution in [0.1, 0.15) is 13.3 Å². The quantitative estimate of drug-likeness (QED) is 0.880. The van der Waals surface area contributed by atoms with Crippen LogP contribution >= 0.6 is 0 Å². The number of urea groups is 1. The summed E-state index contributed by atoms with van der Waals surface area (Å²) >= 11 is 0.